The second kappa shape index (κ2) is 9.74. The maximum atomic E-state index is 10.4. The zero-order valence-electron chi connectivity index (χ0n) is 15.6. The third-order valence-corrected chi connectivity index (χ3v) is 5.20. The zero-order chi connectivity index (χ0) is 21.3. The van der Waals surface area contributed by atoms with Crippen molar-refractivity contribution in [2.45, 2.75) is 73.8 Å². The summed E-state index contributed by atoms with van der Waals surface area (Å²) in [5.74, 6) is 0. The van der Waals surface area contributed by atoms with Crippen LogP contribution in [0.2, 0.25) is 0 Å². The molecule has 13 heteroatoms. The molecule has 3 fully saturated rings. The molecular weight excluding hydrogens is 400 g/mol. The van der Waals surface area contributed by atoms with Crippen LogP contribution in [-0.2, 0) is 28.4 Å². The Morgan fingerprint density at radius 1 is 0.621 bits per heavy atom. The minimum Gasteiger partial charge on any atom is -0.388 e. The Hall–Kier alpha value is -0.520. The summed E-state index contributed by atoms with van der Waals surface area (Å²) in [6, 6.07) is 0. The summed E-state index contributed by atoms with van der Waals surface area (Å²) >= 11 is 0. The van der Waals surface area contributed by atoms with Crippen LogP contribution in [0, 0.1) is 0 Å². The van der Waals surface area contributed by atoms with Crippen LogP contribution in [0.3, 0.4) is 0 Å². The predicted octanol–water partition coefficient (Wildman–Crippen LogP) is -5.00. The second-order valence-corrected chi connectivity index (χ2v) is 7.20. The molecule has 0 bridgehead atoms. The van der Waals surface area contributed by atoms with Crippen LogP contribution in [0.15, 0.2) is 0 Å². The third-order valence-electron chi connectivity index (χ3n) is 5.20. The molecule has 0 aromatic carbocycles. The number of aliphatic hydroxyl groups is 7. The fourth-order valence-corrected chi connectivity index (χ4v) is 3.44. The van der Waals surface area contributed by atoms with Crippen LogP contribution in [0.4, 0.5) is 0 Å². The topological polar surface area (TPSA) is 197 Å². The molecule has 1 unspecified atom stereocenters. The van der Waals surface area contributed by atoms with E-state index in [2.05, 4.69) is 0 Å². The van der Waals surface area contributed by atoms with Crippen molar-refractivity contribution in [1.82, 2.24) is 0 Å². The molecule has 0 aromatic rings. The van der Waals surface area contributed by atoms with Crippen LogP contribution in [0.5, 0.6) is 0 Å². The van der Waals surface area contributed by atoms with Crippen molar-refractivity contribution in [2.24, 2.45) is 0 Å². The summed E-state index contributed by atoms with van der Waals surface area (Å²) in [6.07, 6.45) is -16.0. The van der Waals surface area contributed by atoms with E-state index in [0.29, 0.717) is 0 Å². The van der Waals surface area contributed by atoms with Gasteiger partial charge in [0.25, 0.3) is 0 Å². The highest BCUT2D eigenvalue weighted by Gasteiger charge is 2.47. The molecule has 3 saturated heterocycles. The lowest BCUT2D eigenvalue weighted by atomic mass is 10.0. The lowest BCUT2D eigenvalue weighted by Crippen LogP contribution is -2.61. The summed E-state index contributed by atoms with van der Waals surface area (Å²) in [6.45, 7) is -0.693. The van der Waals surface area contributed by atoms with Gasteiger partial charge in [-0.2, -0.15) is 0 Å². The molecule has 29 heavy (non-hydrogen) atoms. The van der Waals surface area contributed by atoms with Crippen molar-refractivity contribution < 1.29 is 64.2 Å². The van der Waals surface area contributed by atoms with Gasteiger partial charge in [0, 0.05) is 7.11 Å². The van der Waals surface area contributed by atoms with Crippen LogP contribution in [-0.4, -0.2) is 136 Å². The van der Waals surface area contributed by atoms with Gasteiger partial charge in [-0.1, -0.05) is 0 Å². The largest absolute Gasteiger partial charge is 0.388 e. The SMILES string of the molecule is CO[C@@H]1[C@@H](O)[C@H](O[C@@H]2CO[C@@H](O[C@@H]3COC(O)[C@H](O)[C@H]3O)[C@H](O)[C@H]2O)OC[C@H]1O. The van der Waals surface area contributed by atoms with Gasteiger partial charge in [0.05, 0.1) is 19.8 Å². The smallest absolute Gasteiger partial charge is 0.186 e. The number of methoxy groups -OCH3 is 1. The van der Waals surface area contributed by atoms with Gasteiger partial charge in [-0.3, -0.25) is 0 Å². The maximum absolute atomic E-state index is 10.4. The number of ether oxygens (including phenoxy) is 6. The average Bonchev–Trinajstić information content (AvgIpc) is 2.70. The molecular formula is C16H28O13. The van der Waals surface area contributed by atoms with Crippen molar-refractivity contribution in [3.63, 3.8) is 0 Å². The molecule has 3 rings (SSSR count). The van der Waals surface area contributed by atoms with E-state index < -0.39 is 73.8 Å². The molecule has 0 amide bonds. The van der Waals surface area contributed by atoms with E-state index in [-0.39, 0.29) is 19.8 Å². The highest BCUT2D eigenvalue weighted by molar-refractivity contribution is 4.90. The van der Waals surface area contributed by atoms with Crippen molar-refractivity contribution in [3.8, 4) is 0 Å². The molecule has 0 radical (unpaired) electrons. The van der Waals surface area contributed by atoms with Crippen LogP contribution < -0.4 is 0 Å². The number of hydrogen-bond donors (Lipinski definition) is 7. The molecule has 0 aliphatic carbocycles. The molecule has 12 atom stereocenters. The summed E-state index contributed by atoms with van der Waals surface area (Å²) in [5.41, 5.74) is 0. The zero-order valence-corrected chi connectivity index (χ0v) is 15.6. The summed E-state index contributed by atoms with van der Waals surface area (Å²) in [7, 11) is 1.31. The first-order valence-corrected chi connectivity index (χ1v) is 9.19. The van der Waals surface area contributed by atoms with E-state index in [1.54, 1.807) is 0 Å². The monoisotopic (exact) mass is 428 g/mol. The van der Waals surface area contributed by atoms with Crippen molar-refractivity contribution in [1.29, 1.82) is 0 Å². The summed E-state index contributed by atoms with van der Waals surface area (Å²) in [5, 5.41) is 69.5. The molecule has 13 nitrogen and oxygen atoms in total. The summed E-state index contributed by atoms with van der Waals surface area (Å²) in [4.78, 5) is 0. The van der Waals surface area contributed by atoms with E-state index in [0.717, 1.165) is 0 Å². The third kappa shape index (κ3) is 4.88. The van der Waals surface area contributed by atoms with Gasteiger partial charge in [0.1, 0.15) is 54.9 Å². The first-order chi connectivity index (χ1) is 13.7. The van der Waals surface area contributed by atoms with Crippen LogP contribution >= 0.6 is 0 Å². The highest BCUT2D eigenvalue weighted by Crippen LogP contribution is 2.27. The molecule has 0 aromatic heterocycles. The van der Waals surface area contributed by atoms with Crippen LogP contribution in [0.25, 0.3) is 0 Å². The Bertz CT molecular complexity index is 523. The molecule has 7 N–H and O–H groups in total. The van der Waals surface area contributed by atoms with Gasteiger partial charge >= 0.3 is 0 Å². The first kappa shape index (κ1) is 23.1. The van der Waals surface area contributed by atoms with E-state index in [1.165, 1.54) is 7.11 Å². The van der Waals surface area contributed by atoms with Crippen LogP contribution in [0.1, 0.15) is 0 Å². The molecule has 3 aliphatic rings. The lowest BCUT2D eigenvalue weighted by Gasteiger charge is -2.43. The number of aliphatic hydroxyl groups excluding tert-OH is 7. The molecule has 0 saturated carbocycles. The minimum absolute atomic E-state index is 0.161. The molecule has 3 aliphatic heterocycles. The molecule has 170 valence electrons. The lowest BCUT2D eigenvalue weighted by molar-refractivity contribution is -0.347. The minimum atomic E-state index is -1.61. The fourth-order valence-electron chi connectivity index (χ4n) is 3.44. The van der Waals surface area contributed by atoms with Crippen molar-refractivity contribution in [3.05, 3.63) is 0 Å². The Labute approximate surface area is 165 Å². The molecule has 3 heterocycles. The van der Waals surface area contributed by atoms with Crippen molar-refractivity contribution >= 4 is 0 Å². The summed E-state index contributed by atoms with van der Waals surface area (Å²) < 4.78 is 31.3. The number of rotatable bonds is 5. The average molecular weight is 428 g/mol. The molecule has 0 spiro atoms. The van der Waals surface area contributed by atoms with Gasteiger partial charge in [-0.25, -0.2) is 0 Å². The standard InChI is InChI=1S/C16H28O13/c1-24-13-5(17)2-26-16(12(13)22)29-7-4-27-15(11(21)9(7)19)28-6-3-25-14(23)10(20)8(6)18/h5-23H,2-4H2,1H3/t5-,6-,7-,8+,9+,10-,11-,12-,13+,14?,15+,16+/m1/s1. The quantitative estimate of drug-likeness (QED) is 0.220. The Balaban J connectivity index is 1.55. The predicted molar refractivity (Wildman–Crippen MR) is 88.0 cm³/mol. The number of hydrogen-bond acceptors (Lipinski definition) is 13. The first-order valence-electron chi connectivity index (χ1n) is 9.19. The Kier molecular flexibility index (Phi) is 7.77. The van der Waals surface area contributed by atoms with Gasteiger partial charge in [-0.15, -0.1) is 0 Å². The van der Waals surface area contributed by atoms with E-state index in [4.69, 9.17) is 28.4 Å². The van der Waals surface area contributed by atoms with E-state index in [1.807, 2.05) is 0 Å². The fraction of sp³-hybridized carbons (Fsp3) is 1.00. The van der Waals surface area contributed by atoms with Gasteiger partial charge < -0.3 is 64.2 Å². The normalized spacial score (nSPS) is 51.7. The van der Waals surface area contributed by atoms with Gasteiger partial charge in [0.2, 0.25) is 0 Å². The maximum Gasteiger partial charge on any atom is 0.186 e. The second-order valence-electron chi connectivity index (χ2n) is 7.20. The Morgan fingerprint density at radius 2 is 1.14 bits per heavy atom. The van der Waals surface area contributed by atoms with E-state index >= 15 is 0 Å². The van der Waals surface area contributed by atoms with Gasteiger partial charge in [-0.05, 0) is 0 Å². The Morgan fingerprint density at radius 3 is 1.76 bits per heavy atom. The van der Waals surface area contributed by atoms with Crippen molar-refractivity contribution in [2.75, 3.05) is 26.9 Å². The van der Waals surface area contributed by atoms with Gasteiger partial charge in [0.15, 0.2) is 18.9 Å². The van der Waals surface area contributed by atoms with E-state index in [9.17, 15) is 35.7 Å². The highest BCUT2D eigenvalue weighted by atomic mass is 16.7.